The molecular formula is C12H12ClN3O4S. The molecule has 2 rings (SSSR count). The molecule has 0 aliphatic carbocycles. The standard InChI is InChI=1S/C12H12ClN3O4S/c1-16-7-8(6-14-16)11(12(17)18)15-21(19,20)10-4-2-3-9(13)5-10/h2-7,11,15H,1H3,(H,17,18). The molecule has 1 atom stereocenters. The molecule has 2 N–H and O–H groups in total. The van der Waals surface area contributed by atoms with E-state index in [-0.39, 0.29) is 15.5 Å². The van der Waals surface area contributed by atoms with E-state index in [9.17, 15) is 18.3 Å². The van der Waals surface area contributed by atoms with Crippen molar-refractivity contribution in [3.8, 4) is 0 Å². The van der Waals surface area contributed by atoms with Crippen LogP contribution in [0.5, 0.6) is 0 Å². The summed E-state index contributed by atoms with van der Waals surface area (Å²) >= 11 is 5.75. The van der Waals surface area contributed by atoms with Crippen LogP contribution in [0.2, 0.25) is 5.02 Å². The predicted molar refractivity (Wildman–Crippen MR) is 75.4 cm³/mol. The Morgan fingerprint density at radius 3 is 2.71 bits per heavy atom. The van der Waals surface area contributed by atoms with Crippen LogP contribution in [0.1, 0.15) is 11.6 Å². The van der Waals surface area contributed by atoms with Crippen molar-refractivity contribution in [2.24, 2.45) is 7.05 Å². The Morgan fingerprint density at radius 2 is 2.19 bits per heavy atom. The van der Waals surface area contributed by atoms with Crippen LogP contribution in [0.15, 0.2) is 41.6 Å². The van der Waals surface area contributed by atoms with Crippen molar-refractivity contribution in [1.29, 1.82) is 0 Å². The van der Waals surface area contributed by atoms with Crippen LogP contribution in [0.25, 0.3) is 0 Å². The zero-order valence-electron chi connectivity index (χ0n) is 10.9. The van der Waals surface area contributed by atoms with Crippen LogP contribution in [0, 0.1) is 0 Å². The molecule has 0 radical (unpaired) electrons. The number of sulfonamides is 1. The fourth-order valence-corrected chi connectivity index (χ4v) is 3.19. The molecule has 2 aromatic rings. The van der Waals surface area contributed by atoms with Crippen LogP contribution in [-0.4, -0.2) is 29.3 Å². The number of aromatic nitrogens is 2. The number of hydrogen-bond donors (Lipinski definition) is 2. The van der Waals surface area contributed by atoms with E-state index in [1.807, 2.05) is 0 Å². The Kier molecular flexibility index (Phi) is 4.31. The molecule has 0 bridgehead atoms. The molecule has 1 heterocycles. The summed E-state index contributed by atoms with van der Waals surface area (Å²) in [7, 11) is -2.41. The third-order valence-corrected chi connectivity index (χ3v) is 4.34. The van der Waals surface area contributed by atoms with Gasteiger partial charge in [0.15, 0.2) is 0 Å². The lowest BCUT2D eigenvalue weighted by Crippen LogP contribution is -2.33. The summed E-state index contributed by atoms with van der Waals surface area (Å²) in [5.74, 6) is -1.33. The van der Waals surface area contributed by atoms with E-state index in [1.165, 1.54) is 41.3 Å². The van der Waals surface area contributed by atoms with Gasteiger partial charge >= 0.3 is 5.97 Å². The van der Waals surface area contributed by atoms with Crippen LogP contribution in [-0.2, 0) is 21.9 Å². The van der Waals surface area contributed by atoms with Gasteiger partial charge in [-0.15, -0.1) is 0 Å². The minimum Gasteiger partial charge on any atom is -0.480 e. The highest BCUT2D eigenvalue weighted by molar-refractivity contribution is 7.89. The van der Waals surface area contributed by atoms with Crippen molar-refractivity contribution in [3.05, 3.63) is 47.2 Å². The van der Waals surface area contributed by atoms with Crippen LogP contribution >= 0.6 is 11.6 Å². The van der Waals surface area contributed by atoms with Gasteiger partial charge in [0.05, 0.1) is 11.1 Å². The Labute approximate surface area is 126 Å². The van der Waals surface area contributed by atoms with Gasteiger partial charge in [-0.25, -0.2) is 8.42 Å². The van der Waals surface area contributed by atoms with Crippen LogP contribution in [0.3, 0.4) is 0 Å². The molecule has 1 aromatic carbocycles. The molecule has 0 aliphatic rings. The highest BCUT2D eigenvalue weighted by Gasteiger charge is 2.28. The molecule has 21 heavy (non-hydrogen) atoms. The number of carbonyl (C=O) groups is 1. The fourth-order valence-electron chi connectivity index (χ4n) is 1.71. The average Bonchev–Trinajstić information content (AvgIpc) is 2.82. The van der Waals surface area contributed by atoms with Crippen LogP contribution in [0.4, 0.5) is 0 Å². The van der Waals surface area contributed by atoms with Crippen molar-refractivity contribution in [3.63, 3.8) is 0 Å². The minimum absolute atomic E-state index is 0.106. The van der Waals surface area contributed by atoms with Crippen molar-refractivity contribution in [2.75, 3.05) is 0 Å². The first-order valence-corrected chi connectivity index (χ1v) is 7.65. The molecule has 0 saturated carbocycles. The molecule has 112 valence electrons. The maximum Gasteiger partial charge on any atom is 0.326 e. The third-order valence-electron chi connectivity index (χ3n) is 2.68. The Bertz CT molecular complexity index is 772. The second kappa shape index (κ2) is 5.84. The van der Waals surface area contributed by atoms with Crippen LogP contribution < -0.4 is 4.72 Å². The number of aryl methyl sites for hydroxylation is 1. The van der Waals surface area contributed by atoms with Gasteiger partial charge in [-0.05, 0) is 18.2 Å². The number of carboxylic acids is 1. The summed E-state index contributed by atoms with van der Waals surface area (Å²) < 4.78 is 28.0. The van der Waals surface area contributed by atoms with E-state index in [0.29, 0.717) is 0 Å². The summed E-state index contributed by atoms with van der Waals surface area (Å²) in [6.07, 6.45) is 2.72. The average molecular weight is 330 g/mol. The number of rotatable bonds is 5. The number of nitrogens with zero attached hydrogens (tertiary/aromatic N) is 2. The second-order valence-corrected chi connectivity index (χ2v) is 6.45. The Hall–Kier alpha value is -1.90. The molecule has 1 aromatic heterocycles. The highest BCUT2D eigenvalue weighted by Crippen LogP contribution is 2.19. The predicted octanol–water partition coefficient (Wildman–Crippen LogP) is 1.18. The van der Waals surface area contributed by atoms with Crippen molar-refractivity contribution in [1.82, 2.24) is 14.5 Å². The number of hydrogen-bond acceptors (Lipinski definition) is 4. The smallest absolute Gasteiger partial charge is 0.326 e. The van der Waals surface area contributed by atoms with Crippen molar-refractivity contribution < 1.29 is 18.3 Å². The van der Waals surface area contributed by atoms with Crippen molar-refractivity contribution >= 4 is 27.6 Å². The summed E-state index contributed by atoms with van der Waals surface area (Å²) in [5.41, 5.74) is 0.232. The molecular weight excluding hydrogens is 318 g/mol. The lowest BCUT2D eigenvalue weighted by atomic mass is 10.2. The molecule has 0 spiro atoms. The molecule has 0 saturated heterocycles. The first kappa shape index (κ1) is 15.5. The zero-order valence-corrected chi connectivity index (χ0v) is 12.5. The topological polar surface area (TPSA) is 101 Å². The van der Waals surface area contributed by atoms with Gasteiger partial charge in [0, 0.05) is 23.8 Å². The number of aliphatic carboxylic acids is 1. The van der Waals surface area contributed by atoms with E-state index >= 15 is 0 Å². The zero-order chi connectivity index (χ0) is 15.6. The first-order valence-electron chi connectivity index (χ1n) is 5.79. The molecule has 0 aliphatic heterocycles. The quantitative estimate of drug-likeness (QED) is 0.857. The van der Waals surface area contributed by atoms with Gasteiger partial charge in [0.1, 0.15) is 6.04 Å². The van der Waals surface area contributed by atoms with Crippen molar-refractivity contribution in [2.45, 2.75) is 10.9 Å². The maximum atomic E-state index is 12.2. The van der Waals surface area contributed by atoms with E-state index in [1.54, 1.807) is 7.05 Å². The summed E-state index contributed by atoms with van der Waals surface area (Å²) in [6.45, 7) is 0. The monoisotopic (exact) mass is 329 g/mol. The Morgan fingerprint density at radius 1 is 1.48 bits per heavy atom. The van der Waals surface area contributed by atoms with E-state index in [0.717, 1.165) is 0 Å². The van der Waals surface area contributed by atoms with Gasteiger partial charge in [-0.2, -0.15) is 9.82 Å². The SMILES string of the molecule is Cn1cc(C(NS(=O)(=O)c2cccc(Cl)c2)C(=O)O)cn1. The van der Waals surface area contributed by atoms with Gasteiger partial charge in [-0.3, -0.25) is 9.48 Å². The van der Waals surface area contributed by atoms with E-state index in [4.69, 9.17) is 11.6 Å². The second-order valence-electron chi connectivity index (χ2n) is 4.30. The molecule has 9 heteroatoms. The minimum atomic E-state index is -4.02. The maximum absolute atomic E-state index is 12.2. The normalized spacial score (nSPS) is 13.0. The fraction of sp³-hybridized carbons (Fsp3) is 0.167. The van der Waals surface area contributed by atoms with Gasteiger partial charge < -0.3 is 5.11 Å². The highest BCUT2D eigenvalue weighted by atomic mass is 35.5. The van der Waals surface area contributed by atoms with E-state index in [2.05, 4.69) is 9.82 Å². The molecule has 1 unspecified atom stereocenters. The molecule has 0 amide bonds. The largest absolute Gasteiger partial charge is 0.480 e. The molecule has 7 nitrogen and oxygen atoms in total. The van der Waals surface area contributed by atoms with E-state index < -0.39 is 22.0 Å². The van der Waals surface area contributed by atoms with Gasteiger partial charge in [-0.1, -0.05) is 17.7 Å². The summed E-state index contributed by atoms with van der Waals surface area (Å²) in [6, 6.07) is 4.14. The lowest BCUT2D eigenvalue weighted by Gasteiger charge is -2.13. The number of carboxylic acid groups (broad SMARTS) is 1. The van der Waals surface area contributed by atoms with Gasteiger partial charge in [0.2, 0.25) is 10.0 Å². The summed E-state index contributed by atoms with van der Waals surface area (Å²) in [4.78, 5) is 11.2. The summed E-state index contributed by atoms with van der Waals surface area (Å²) in [5, 5.41) is 13.3. The number of halogens is 1. The Balaban J connectivity index is 2.34. The number of nitrogens with one attached hydrogen (secondary N) is 1. The lowest BCUT2D eigenvalue weighted by molar-refractivity contribution is -0.139. The molecule has 0 fully saturated rings. The first-order chi connectivity index (χ1) is 9.79. The third kappa shape index (κ3) is 3.60. The van der Waals surface area contributed by atoms with Gasteiger partial charge in [0.25, 0.3) is 0 Å². The number of benzene rings is 1.